The summed E-state index contributed by atoms with van der Waals surface area (Å²) in [5.74, 6) is 0.958. The molecule has 4 aromatic rings. The number of carbonyl (C=O) groups is 4. The maximum absolute atomic E-state index is 12.6. The second-order valence-electron chi connectivity index (χ2n) is 14.7. The lowest BCUT2D eigenvalue weighted by atomic mass is 9.72. The van der Waals surface area contributed by atoms with Crippen molar-refractivity contribution >= 4 is 23.7 Å². The average Bonchev–Trinajstić information content (AvgIpc) is 3.20. The van der Waals surface area contributed by atoms with Gasteiger partial charge in [0.05, 0.1) is 7.11 Å². The third kappa shape index (κ3) is 12.8. The Kier molecular flexibility index (Phi) is 16.4. The molecule has 0 saturated carbocycles. The van der Waals surface area contributed by atoms with Crippen LogP contribution < -0.4 is 18.9 Å². The first-order valence-electron chi connectivity index (χ1n) is 19.6. The van der Waals surface area contributed by atoms with Crippen LogP contribution in [0, 0.1) is 11.3 Å². The summed E-state index contributed by atoms with van der Waals surface area (Å²) in [6.07, 6.45) is 5.58. The Bertz CT molecular complexity index is 1990. The number of nitrogens with zero attached hydrogens (tertiary/aromatic N) is 1. The Morgan fingerprint density at radius 2 is 0.912 bits per heavy atom. The van der Waals surface area contributed by atoms with Gasteiger partial charge in [-0.3, -0.25) is 14.4 Å². The minimum absolute atomic E-state index is 0.115. The van der Waals surface area contributed by atoms with E-state index >= 15 is 0 Å². The molecule has 0 aliphatic heterocycles. The molecule has 10 heteroatoms. The fourth-order valence-electron chi connectivity index (χ4n) is 6.62. The first-order valence-corrected chi connectivity index (χ1v) is 19.6. The highest BCUT2D eigenvalue weighted by atomic mass is 16.5. The molecule has 0 radical (unpaired) electrons. The van der Waals surface area contributed by atoms with Gasteiger partial charge in [-0.1, -0.05) is 82.1 Å². The van der Waals surface area contributed by atoms with Crippen molar-refractivity contribution in [3.05, 3.63) is 130 Å². The van der Waals surface area contributed by atoms with Crippen LogP contribution in [0.3, 0.4) is 0 Å². The van der Waals surface area contributed by atoms with Crippen molar-refractivity contribution in [2.45, 2.75) is 109 Å². The Hall–Kier alpha value is -5.95. The van der Waals surface area contributed by atoms with E-state index in [2.05, 4.69) is 31.8 Å². The zero-order chi connectivity index (χ0) is 41.3. The first-order chi connectivity index (χ1) is 27.4. The third-order valence-corrected chi connectivity index (χ3v) is 10.1. The van der Waals surface area contributed by atoms with E-state index in [0.29, 0.717) is 61.5 Å². The Balaban J connectivity index is 1.22. The van der Waals surface area contributed by atoms with E-state index in [0.717, 1.165) is 35.1 Å². The number of Topliss-reactive ketones (excluding diaryl/α,β-unsaturated/α-hetero) is 1. The van der Waals surface area contributed by atoms with E-state index in [4.69, 9.17) is 18.9 Å². The summed E-state index contributed by atoms with van der Waals surface area (Å²) in [5.41, 5.74) is 2.44. The highest BCUT2D eigenvalue weighted by Crippen LogP contribution is 2.39. The van der Waals surface area contributed by atoms with E-state index in [9.17, 15) is 24.4 Å². The van der Waals surface area contributed by atoms with Crippen molar-refractivity contribution in [1.29, 1.82) is 0 Å². The molecule has 0 bridgehead atoms. The quantitative estimate of drug-likeness (QED) is 0.0351. The standard InChI is InChI=1S/C47H53NO9/c1-6-7-32-47(33-48-53,37-20-24-39(54-5)25-21-37)38-22-30-42(31-23-38)57-45(52)15-11-10-14-44(51)56-41-28-18-36(19-29-41)46(3,4)35-16-26-40(27-17-35)55-43(50)13-9-8-12-34(2)49/h16-31H,6-15,32H2,1-5H3. The van der Waals surface area contributed by atoms with Gasteiger partial charge in [0.2, 0.25) is 0 Å². The second-order valence-corrected chi connectivity index (χ2v) is 14.7. The summed E-state index contributed by atoms with van der Waals surface area (Å²) in [5, 5.41) is 14.7. The minimum atomic E-state index is -0.868. The molecule has 57 heavy (non-hydrogen) atoms. The maximum Gasteiger partial charge on any atom is 0.314 e. The zero-order valence-corrected chi connectivity index (χ0v) is 33.6. The van der Waals surface area contributed by atoms with Crippen LogP contribution in [0.5, 0.6) is 23.0 Å². The third-order valence-electron chi connectivity index (χ3n) is 10.1. The van der Waals surface area contributed by atoms with Gasteiger partial charge in [0.25, 0.3) is 0 Å². The molecule has 4 aromatic carbocycles. The number of rotatable bonds is 21. The lowest BCUT2D eigenvalue weighted by molar-refractivity contribution is -0.136. The summed E-state index contributed by atoms with van der Waals surface area (Å²) >= 11 is 0. The molecule has 0 N–H and O–H groups in total. The van der Waals surface area contributed by atoms with E-state index in [1.54, 1.807) is 50.4 Å². The van der Waals surface area contributed by atoms with E-state index < -0.39 is 17.4 Å². The smallest absolute Gasteiger partial charge is 0.314 e. The fourth-order valence-corrected chi connectivity index (χ4v) is 6.62. The number of carbonyl (C=O) groups excluding carboxylic acids is 4. The molecule has 0 fully saturated rings. The molecule has 1 unspecified atom stereocenters. The molecule has 0 saturated heterocycles. The average molecular weight is 776 g/mol. The van der Waals surface area contributed by atoms with Gasteiger partial charge in [-0.15, -0.1) is 0 Å². The molecular formula is C47H53NO9. The van der Waals surface area contributed by atoms with Crippen LogP contribution in [0.2, 0.25) is 0 Å². The highest BCUT2D eigenvalue weighted by Gasteiger charge is 2.38. The number of hydrogen-bond donors (Lipinski definition) is 0. The first kappa shape index (κ1) is 43.8. The predicted octanol–water partition coefficient (Wildman–Crippen LogP) is 10.5. The predicted molar refractivity (Wildman–Crippen MR) is 220 cm³/mol. The van der Waals surface area contributed by atoms with Crippen LogP contribution in [0.1, 0.15) is 121 Å². The molecule has 4 rings (SSSR count). The molecule has 0 aliphatic carbocycles. The van der Waals surface area contributed by atoms with Gasteiger partial charge in [-0.2, -0.15) is 0 Å². The number of methoxy groups -OCH3 is 1. The van der Waals surface area contributed by atoms with Crippen molar-refractivity contribution in [2.24, 2.45) is 0 Å². The zero-order valence-electron chi connectivity index (χ0n) is 33.6. The number of benzene rings is 4. The molecule has 300 valence electrons. The SMILES string of the molecule is CCCCC(C#[N+][O-])(c1ccc(OC)cc1)c1ccc(OC(=O)CCCCC(=O)Oc2ccc(C(C)(C)c3ccc(OC(=O)CCCCC(C)=O)cc3)cc2)cc1. The molecule has 1 atom stereocenters. The molecule has 0 aromatic heterocycles. The summed E-state index contributed by atoms with van der Waals surface area (Å²) in [4.78, 5) is 48.5. The topological polar surface area (TPSA) is 133 Å². The highest BCUT2D eigenvalue weighted by molar-refractivity contribution is 5.76. The van der Waals surface area contributed by atoms with Crippen LogP contribution in [-0.4, -0.2) is 30.8 Å². The van der Waals surface area contributed by atoms with Gasteiger partial charge in [0.1, 0.15) is 28.8 Å². The van der Waals surface area contributed by atoms with E-state index in [1.165, 1.54) is 0 Å². The Morgan fingerprint density at radius 1 is 0.561 bits per heavy atom. The summed E-state index contributed by atoms with van der Waals surface area (Å²) < 4.78 is 21.9. The van der Waals surface area contributed by atoms with E-state index in [-0.39, 0.29) is 36.4 Å². The van der Waals surface area contributed by atoms with Gasteiger partial charge < -0.3 is 28.9 Å². The Labute approximate surface area is 335 Å². The Morgan fingerprint density at radius 3 is 1.25 bits per heavy atom. The summed E-state index contributed by atoms with van der Waals surface area (Å²) in [6.45, 7) is 7.78. The van der Waals surface area contributed by atoms with E-state index in [1.807, 2.05) is 60.7 Å². The van der Waals surface area contributed by atoms with Crippen LogP contribution in [0.15, 0.2) is 97.1 Å². The van der Waals surface area contributed by atoms with Crippen molar-refractivity contribution in [1.82, 2.24) is 0 Å². The van der Waals surface area contributed by atoms with Crippen molar-refractivity contribution in [3.63, 3.8) is 0 Å². The van der Waals surface area contributed by atoms with Gasteiger partial charge in [0, 0.05) is 36.1 Å². The fraction of sp³-hybridized carbons (Fsp3) is 0.383. The van der Waals surface area contributed by atoms with Gasteiger partial charge in [0.15, 0.2) is 5.41 Å². The van der Waals surface area contributed by atoms with Gasteiger partial charge in [-0.25, -0.2) is 0 Å². The van der Waals surface area contributed by atoms with Crippen molar-refractivity contribution in [3.8, 4) is 29.1 Å². The van der Waals surface area contributed by atoms with Crippen LogP contribution in [0.25, 0.3) is 5.01 Å². The molecule has 0 amide bonds. The number of unbranched alkanes of at least 4 members (excludes halogenated alkanes) is 3. The lowest BCUT2D eigenvalue weighted by Gasteiger charge is -2.26. The minimum Gasteiger partial charge on any atom is -0.498 e. The molecule has 10 nitrogen and oxygen atoms in total. The number of hydrogen-bond acceptors (Lipinski definition) is 9. The van der Waals surface area contributed by atoms with Crippen LogP contribution in [0.4, 0.5) is 0 Å². The van der Waals surface area contributed by atoms with Crippen molar-refractivity contribution in [2.75, 3.05) is 7.11 Å². The second kappa shape index (κ2) is 21.4. The largest absolute Gasteiger partial charge is 0.498 e. The van der Waals surface area contributed by atoms with Gasteiger partial charge >= 0.3 is 24.0 Å². The monoisotopic (exact) mass is 775 g/mol. The molecule has 0 aliphatic rings. The van der Waals surface area contributed by atoms with Crippen molar-refractivity contribution < 1.29 is 38.1 Å². The van der Waals surface area contributed by atoms with Gasteiger partial charge in [-0.05, 0) is 110 Å². The summed E-state index contributed by atoms with van der Waals surface area (Å²) in [7, 11) is 1.60. The molecular weight excluding hydrogens is 723 g/mol. The summed E-state index contributed by atoms with van der Waals surface area (Å²) in [6, 6.07) is 32.1. The van der Waals surface area contributed by atoms with Crippen LogP contribution in [-0.2, 0) is 30.0 Å². The molecule has 0 spiro atoms. The number of esters is 3. The number of ketones is 1. The maximum atomic E-state index is 12.6. The lowest BCUT2D eigenvalue weighted by Crippen LogP contribution is -2.26. The van der Waals surface area contributed by atoms with Crippen LogP contribution >= 0.6 is 0 Å². The number of ether oxygens (including phenoxy) is 4. The molecule has 0 heterocycles. The normalized spacial score (nSPS) is 12.0.